The number of unbranched alkanes of at least 4 members (excludes halogenated alkanes) is 2. The first kappa shape index (κ1) is 24.8. The standard InChI is InChI=1S/C21H40N2O3/c1-7-21(5,6)17(24)13-10-11-15-23-18(25)14-9-8-12-16(22)19(26)20(2,3)4/h16H,7-15,22H2,1-6H3,(H,23,25). The maximum Gasteiger partial charge on any atom is 0.219 e. The van der Waals surface area contributed by atoms with Crippen molar-refractivity contribution < 1.29 is 14.4 Å². The van der Waals surface area contributed by atoms with E-state index in [1.165, 1.54) is 0 Å². The molecule has 3 N–H and O–H groups in total. The normalized spacial score (nSPS) is 13.3. The van der Waals surface area contributed by atoms with Crippen LogP contribution in [-0.4, -0.2) is 30.1 Å². The van der Waals surface area contributed by atoms with Crippen molar-refractivity contribution >= 4 is 17.5 Å². The number of ketones is 2. The Morgan fingerprint density at radius 2 is 1.50 bits per heavy atom. The zero-order valence-electron chi connectivity index (χ0n) is 17.7. The Balaban J connectivity index is 3.76. The van der Waals surface area contributed by atoms with Gasteiger partial charge in [0.25, 0.3) is 0 Å². The molecule has 5 heteroatoms. The van der Waals surface area contributed by atoms with Gasteiger partial charge in [0, 0.05) is 30.2 Å². The molecule has 5 nitrogen and oxygen atoms in total. The second-order valence-electron chi connectivity index (χ2n) is 8.93. The summed E-state index contributed by atoms with van der Waals surface area (Å²) in [6.07, 6.45) is 5.66. The van der Waals surface area contributed by atoms with Gasteiger partial charge in [0.1, 0.15) is 5.78 Å². The number of hydrogen-bond acceptors (Lipinski definition) is 4. The van der Waals surface area contributed by atoms with Crippen LogP contribution in [0.25, 0.3) is 0 Å². The SMILES string of the molecule is CCC(C)(C)C(=O)CCCCNC(=O)CCCCC(N)C(=O)C(C)(C)C. The van der Waals surface area contributed by atoms with E-state index in [4.69, 9.17) is 5.73 Å². The van der Waals surface area contributed by atoms with Crippen LogP contribution >= 0.6 is 0 Å². The van der Waals surface area contributed by atoms with Gasteiger partial charge in [0.2, 0.25) is 5.91 Å². The summed E-state index contributed by atoms with van der Waals surface area (Å²) < 4.78 is 0. The quantitative estimate of drug-likeness (QED) is 0.484. The summed E-state index contributed by atoms with van der Waals surface area (Å²) in [6, 6.07) is -0.442. The average Bonchev–Trinajstić information content (AvgIpc) is 2.56. The van der Waals surface area contributed by atoms with Gasteiger partial charge >= 0.3 is 0 Å². The van der Waals surface area contributed by atoms with Crippen molar-refractivity contribution in [2.45, 2.75) is 99.0 Å². The molecule has 0 saturated heterocycles. The van der Waals surface area contributed by atoms with E-state index in [2.05, 4.69) is 5.32 Å². The first-order valence-corrected chi connectivity index (χ1v) is 10.0. The largest absolute Gasteiger partial charge is 0.356 e. The van der Waals surface area contributed by atoms with Gasteiger partial charge < -0.3 is 11.1 Å². The van der Waals surface area contributed by atoms with E-state index in [9.17, 15) is 14.4 Å². The summed E-state index contributed by atoms with van der Waals surface area (Å²) in [5.41, 5.74) is 5.27. The molecule has 0 bridgehead atoms. The second-order valence-corrected chi connectivity index (χ2v) is 8.93. The molecule has 1 unspecified atom stereocenters. The lowest BCUT2D eigenvalue weighted by atomic mass is 9.83. The summed E-state index contributed by atoms with van der Waals surface area (Å²) in [7, 11) is 0. The van der Waals surface area contributed by atoms with Crippen molar-refractivity contribution in [1.29, 1.82) is 0 Å². The van der Waals surface area contributed by atoms with E-state index in [0.29, 0.717) is 31.6 Å². The molecule has 0 aromatic heterocycles. The van der Waals surface area contributed by atoms with Gasteiger partial charge in [0.05, 0.1) is 6.04 Å². The Morgan fingerprint density at radius 3 is 2.04 bits per heavy atom. The third kappa shape index (κ3) is 10.0. The number of nitrogens with one attached hydrogen (secondary N) is 1. The van der Waals surface area contributed by atoms with Gasteiger partial charge in [-0.15, -0.1) is 0 Å². The third-order valence-electron chi connectivity index (χ3n) is 5.04. The maximum atomic E-state index is 12.0. The van der Waals surface area contributed by atoms with E-state index in [0.717, 1.165) is 32.1 Å². The number of amides is 1. The molecule has 0 aromatic carbocycles. The van der Waals surface area contributed by atoms with Gasteiger partial charge in [-0.25, -0.2) is 0 Å². The lowest BCUT2D eigenvalue weighted by molar-refractivity contribution is -0.128. The lowest BCUT2D eigenvalue weighted by Crippen LogP contribution is -2.38. The fourth-order valence-electron chi connectivity index (χ4n) is 2.60. The monoisotopic (exact) mass is 368 g/mol. The first-order chi connectivity index (χ1) is 11.9. The highest BCUT2D eigenvalue weighted by atomic mass is 16.1. The van der Waals surface area contributed by atoms with E-state index >= 15 is 0 Å². The molecule has 0 saturated carbocycles. The van der Waals surface area contributed by atoms with E-state index < -0.39 is 11.5 Å². The topological polar surface area (TPSA) is 89.3 Å². The molecule has 0 spiro atoms. The van der Waals surface area contributed by atoms with Crippen molar-refractivity contribution in [2.24, 2.45) is 16.6 Å². The highest BCUT2D eigenvalue weighted by Gasteiger charge is 2.26. The number of Topliss-reactive ketones (excluding diaryl/α,β-unsaturated/α-hetero) is 2. The van der Waals surface area contributed by atoms with Crippen LogP contribution in [0.2, 0.25) is 0 Å². The van der Waals surface area contributed by atoms with Gasteiger partial charge in [-0.05, 0) is 32.1 Å². The number of carbonyl (C=O) groups excluding carboxylic acids is 3. The average molecular weight is 369 g/mol. The van der Waals surface area contributed by atoms with Crippen molar-refractivity contribution in [3.63, 3.8) is 0 Å². The molecule has 0 aliphatic carbocycles. The molecule has 0 aliphatic heterocycles. The minimum atomic E-state index is -0.442. The molecular weight excluding hydrogens is 328 g/mol. The van der Waals surface area contributed by atoms with E-state index in [1.807, 2.05) is 41.5 Å². The highest BCUT2D eigenvalue weighted by Crippen LogP contribution is 2.23. The maximum absolute atomic E-state index is 12.0. The number of carbonyl (C=O) groups is 3. The van der Waals surface area contributed by atoms with Crippen LogP contribution in [-0.2, 0) is 14.4 Å². The lowest BCUT2D eigenvalue weighted by Gasteiger charge is -2.21. The zero-order valence-corrected chi connectivity index (χ0v) is 17.7. The van der Waals surface area contributed by atoms with Gasteiger partial charge in [-0.1, -0.05) is 48.0 Å². The van der Waals surface area contributed by atoms with Crippen molar-refractivity contribution in [2.75, 3.05) is 6.54 Å². The summed E-state index contributed by atoms with van der Waals surface area (Å²) in [4.78, 5) is 35.8. The Kier molecular flexibility index (Phi) is 10.9. The summed E-state index contributed by atoms with van der Waals surface area (Å²) in [5, 5.41) is 2.90. The Bertz CT molecular complexity index is 464. The molecule has 1 amide bonds. The van der Waals surface area contributed by atoms with Crippen molar-refractivity contribution in [3.05, 3.63) is 0 Å². The molecule has 0 aromatic rings. The molecule has 152 valence electrons. The summed E-state index contributed by atoms with van der Waals surface area (Å²) in [6.45, 7) is 12.2. The van der Waals surface area contributed by atoms with Gasteiger partial charge in [-0.3, -0.25) is 14.4 Å². The molecule has 0 aliphatic rings. The first-order valence-electron chi connectivity index (χ1n) is 10.0. The third-order valence-corrected chi connectivity index (χ3v) is 5.04. The van der Waals surface area contributed by atoms with Crippen LogP contribution in [0.3, 0.4) is 0 Å². The smallest absolute Gasteiger partial charge is 0.219 e. The Hall–Kier alpha value is -1.23. The van der Waals surface area contributed by atoms with Gasteiger partial charge in [0.15, 0.2) is 5.78 Å². The fraction of sp³-hybridized carbons (Fsp3) is 0.857. The molecule has 0 heterocycles. The molecule has 0 fully saturated rings. The molecular formula is C21H40N2O3. The van der Waals surface area contributed by atoms with Crippen LogP contribution in [0.15, 0.2) is 0 Å². The van der Waals surface area contributed by atoms with Crippen molar-refractivity contribution in [3.8, 4) is 0 Å². The molecule has 1 atom stereocenters. The van der Waals surface area contributed by atoms with Gasteiger partial charge in [-0.2, -0.15) is 0 Å². The van der Waals surface area contributed by atoms with Crippen LogP contribution in [0.1, 0.15) is 92.9 Å². The second kappa shape index (κ2) is 11.5. The summed E-state index contributed by atoms with van der Waals surface area (Å²) >= 11 is 0. The number of hydrogen-bond donors (Lipinski definition) is 2. The predicted octanol–water partition coefficient (Wildman–Crippen LogP) is 3.78. The van der Waals surface area contributed by atoms with Crippen LogP contribution < -0.4 is 11.1 Å². The fourth-order valence-corrected chi connectivity index (χ4v) is 2.60. The van der Waals surface area contributed by atoms with Crippen LogP contribution in [0.5, 0.6) is 0 Å². The Labute approximate surface area is 159 Å². The highest BCUT2D eigenvalue weighted by molar-refractivity contribution is 5.88. The molecule has 0 rings (SSSR count). The van der Waals surface area contributed by atoms with Crippen molar-refractivity contribution in [1.82, 2.24) is 5.32 Å². The van der Waals surface area contributed by atoms with Crippen LogP contribution in [0, 0.1) is 10.8 Å². The molecule has 0 radical (unpaired) electrons. The number of rotatable bonds is 13. The molecule has 26 heavy (non-hydrogen) atoms. The number of nitrogens with two attached hydrogens (primary N) is 1. The Morgan fingerprint density at radius 1 is 0.923 bits per heavy atom. The van der Waals surface area contributed by atoms with E-state index in [-0.39, 0.29) is 17.1 Å². The van der Waals surface area contributed by atoms with Crippen LogP contribution in [0.4, 0.5) is 0 Å². The van der Waals surface area contributed by atoms with E-state index in [1.54, 1.807) is 0 Å². The minimum Gasteiger partial charge on any atom is -0.356 e. The summed E-state index contributed by atoms with van der Waals surface area (Å²) in [5.74, 6) is 0.399. The minimum absolute atomic E-state index is 0.0286. The zero-order chi connectivity index (χ0) is 20.4. The predicted molar refractivity (Wildman–Crippen MR) is 107 cm³/mol.